The number of hydrogen-bond acceptors (Lipinski definition) is 4. The maximum atomic E-state index is 9.48. The van der Waals surface area contributed by atoms with E-state index in [0.29, 0.717) is 0 Å². The van der Waals surface area contributed by atoms with Gasteiger partial charge in [-0.05, 0) is 0 Å². The third-order valence-corrected chi connectivity index (χ3v) is 1.38. The van der Waals surface area contributed by atoms with Crippen molar-refractivity contribution in [3.8, 4) is 0 Å². The average molecular weight is 175 g/mol. The Morgan fingerprint density at radius 2 is 1.33 bits per heavy atom. The Bertz CT molecular complexity index is 38.7. The summed E-state index contributed by atoms with van der Waals surface area (Å²) in [7, 11) is -4.42. The summed E-state index contributed by atoms with van der Waals surface area (Å²) < 4.78 is 3.55. The molecular formula is H8AlO7Si-2. The van der Waals surface area contributed by atoms with E-state index in [4.69, 9.17) is 9.59 Å². The molecule has 0 aromatic heterocycles. The van der Waals surface area contributed by atoms with Crippen molar-refractivity contribution in [3.05, 3.63) is 0 Å². The molecular weight excluding hydrogens is 167 g/mol. The topological polar surface area (TPSA) is 167 Å². The van der Waals surface area contributed by atoms with Crippen LogP contribution >= 0.6 is 0 Å². The fourth-order valence-electron chi connectivity index (χ4n) is 0. The predicted molar refractivity (Wildman–Crippen MR) is 27.9 cm³/mol. The Morgan fingerprint density at radius 1 is 1.22 bits per heavy atom. The second kappa shape index (κ2) is 8.47. The second-order valence-corrected chi connectivity index (χ2v) is 2.71. The van der Waals surface area contributed by atoms with E-state index in [0.717, 1.165) is 0 Å². The Balaban J connectivity index is -0.0000000417. The summed E-state index contributed by atoms with van der Waals surface area (Å²) in [5.74, 6) is 0. The Kier molecular flexibility index (Phi) is 21.4. The van der Waals surface area contributed by atoms with Crippen LogP contribution < -0.4 is 4.80 Å². The average Bonchev–Trinajstić information content (AvgIpc) is 1.35. The van der Waals surface area contributed by atoms with Crippen LogP contribution in [0, 0.1) is 0 Å². The second-order valence-electron chi connectivity index (χ2n) is 0.666. The lowest BCUT2D eigenvalue weighted by molar-refractivity contribution is -0.290. The molecule has 0 saturated carbocycles. The fraction of sp³-hybridized carbons (Fsp3) is 0. The van der Waals surface area contributed by atoms with Crippen LogP contribution in [-0.4, -0.2) is 51.7 Å². The van der Waals surface area contributed by atoms with Crippen LogP contribution in [0.2, 0.25) is 0 Å². The van der Waals surface area contributed by atoms with Crippen molar-refractivity contribution in [3.63, 3.8) is 0 Å². The van der Waals surface area contributed by atoms with E-state index in [9.17, 15) is 4.80 Å². The lowest BCUT2D eigenvalue weighted by Gasteiger charge is -2.32. The molecule has 0 atom stereocenters. The first-order valence-corrected chi connectivity index (χ1v) is 3.27. The summed E-state index contributed by atoms with van der Waals surface area (Å²) in [5.41, 5.74) is 0. The SMILES string of the molecule is O.O.O.[O-][Si](O)(O)[O][Al-]. The van der Waals surface area contributed by atoms with Gasteiger partial charge in [-0.1, -0.05) is 0 Å². The first kappa shape index (κ1) is 22.7. The largest absolute Gasteiger partial charge is 0.797 e. The van der Waals surface area contributed by atoms with Gasteiger partial charge in [0, 0.05) is 0 Å². The van der Waals surface area contributed by atoms with E-state index in [2.05, 4.69) is 3.48 Å². The first-order chi connectivity index (χ1) is 2.56. The molecule has 0 unspecified atom stereocenters. The van der Waals surface area contributed by atoms with Crippen LogP contribution in [0.3, 0.4) is 0 Å². The van der Waals surface area contributed by atoms with E-state index in [-0.39, 0.29) is 16.4 Å². The molecule has 0 spiro atoms. The van der Waals surface area contributed by atoms with Gasteiger partial charge in [-0.3, -0.25) is 0 Å². The van der Waals surface area contributed by atoms with E-state index in [1.54, 1.807) is 0 Å². The van der Waals surface area contributed by atoms with Gasteiger partial charge < -0.3 is 50.9 Å². The summed E-state index contributed by atoms with van der Waals surface area (Å²) in [4.78, 5) is 24.9. The van der Waals surface area contributed by atoms with Crippen LogP contribution in [0.15, 0.2) is 0 Å². The summed E-state index contributed by atoms with van der Waals surface area (Å²) in [6.45, 7) is 0. The van der Waals surface area contributed by atoms with E-state index < -0.39 is 9.05 Å². The molecule has 0 fully saturated rings. The van der Waals surface area contributed by atoms with Gasteiger partial charge in [0.1, 0.15) is 0 Å². The van der Waals surface area contributed by atoms with Crippen molar-refractivity contribution in [2.75, 3.05) is 0 Å². The lowest BCUT2D eigenvalue weighted by Crippen LogP contribution is -2.52. The minimum absolute atomic E-state index is 0. The van der Waals surface area contributed by atoms with Gasteiger partial charge in [-0.2, -0.15) is 0 Å². The maximum Gasteiger partial charge on any atom is 0.339 e. The predicted octanol–water partition coefficient (Wildman–Crippen LogP) is -5.61. The molecule has 0 aromatic carbocycles. The zero-order valence-electron chi connectivity index (χ0n) is 4.29. The van der Waals surface area contributed by atoms with Crippen molar-refractivity contribution in [2.45, 2.75) is 0 Å². The number of hydrogen-bond donors (Lipinski definition) is 2. The molecule has 0 aromatic rings. The van der Waals surface area contributed by atoms with Gasteiger partial charge in [-0.25, -0.2) is 0 Å². The van der Waals surface area contributed by atoms with Gasteiger partial charge in [0.25, 0.3) is 0 Å². The third kappa shape index (κ3) is 29.4. The molecule has 0 saturated heterocycles. The molecule has 0 rings (SSSR count). The Labute approximate surface area is 60.7 Å². The molecule has 0 bridgehead atoms. The third-order valence-electron chi connectivity index (χ3n) is 0.154. The molecule has 3 radical (unpaired) electrons. The molecule has 0 heterocycles. The van der Waals surface area contributed by atoms with Crippen LogP contribution in [0.4, 0.5) is 0 Å². The Morgan fingerprint density at radius 3 is 1.33 bits per heavy atom. The molecule has 8 N–H and O–H groups in total. The molecule has 7 nitrogen and oxygen atoms in total. The van der Waals surface area contributed by atoms with Crippen molar-refractivity contribution in [2.24, 2.45) is 0 Å². The van der Waals surface area contributed by atoms with E-state index in [1.165, 1.54) is 16.6 Å². The molecule has 0 amide bonds. The molecule has 9 heteroatoms. The van der Waals surface area contributed by atoms with Gasteiger partial charge >= 0.3 is 9.05 Å². The molecule has 0 aliphatic heterocycles. The minimum Gasteiger partial charge on any atom is -0.797 e. The fourth-order valence-corrected chi connectivity index (χ4v) is 0. The highest BCUT2D eigenvalue weighted by Crippen LogP contribution is 1.72. The van der Waals surface area contributed by atoms with E-state index >= 15 is 0 Å². The quantitative estimate of drug-likeness (QED) is 0.379. The van der Waals surface area contributed by atoms with Crippen LogP contribution in [0.25, 0.3) is 0 Å². The smallest absolute Gasteiger partial charge is 0.339 e. The monoisotopic (exact) mass is 175 g/mol. The van der Waals surface area contributed by atoms with Crippen molar-refractivity contribution >= 4 is 25.7 Å². The van der Waals surface area contributed by atoms with Gasteiger partial charge in [0.05, 0.1) is 0 Å². The summed E-state index contributed by atoms with van der Waals surface area (Å²) >= 11 is 1.47. The highest BCUT2D eigenvalue weighted by molar-refractivity contribution is 6.51. The molecule has 0 aliphatic rings. The van der Waals surface area contributed by atoms with Crippen molar-refractivity contribution in [1.29, 1.82) is 0 Å². The van der Waals surface area contributed by atoms with Gasteiger partial charge in [-0.15, -0.1) is 0 Å². The van der Waals surface area contributed by atoms with Crippen LogP contribution in [0.1, 0.15) is 0 Å². The zero-order valence-corrected chi connectivity index (χ0v) is 6.44. The zero-order chi connectivity index (χ0) is 5.21. The van der Waals surface area contributed by atoms with E-state index in [1.807, 2.05) is 0 Å². The van der Waals surface area contributed by atoms with Crippen LogP contribution in [0.5, 0.6) is 0 Å². The minimum atomic E-state index is -4.42. The standard InChI is InChI=1S/Al.H2O4Si.3H2O/c;1-5(2,3)4;;;/h;1-2H;3*1H2/q;-2;;;. The Hall–Kier alpha value is 0.469. The van der Waals surface area contributed by atoms with Crippen molar-refractivity contribution < 1.29 is 34.3 Å². The highest BCUT2D eigenvalue weighted by atomic mass is 28.4. The first-order valence-electron chi connectivity index (χ1n) is 1.09. The van der Waals surface area contributed by atoms with Gasteiger partial charge in [0.15, 0.2) is 0 Å². The van der Waals surface area contributed by atoms with Crippen molar-refractivity contribution in [1.82, 2.24) is 0 Å². The number of rotatable bonds is 1. The highest BCUT2D eigenvalue weighted by Gasteiger charge is 1.98. The summed E-state index contributed by atoms with van der Waals surface area (Å²) in [5, 5.41) is 0. The maximum absolute atomic E-state index is 9.48. The molecule has 0 aliphatic carbocycles. The normalized spacial score (nSPS) is 8.00. The summed E-state index contributed by atoms with van der Waals surface area (Å²) in [6.07, 6.45) is 0. The molecule has 59 valence electrons. The van der Waals surface area contributed by atoms with Crippen LogP contribution in [-0.2, 0) is 3.48 Å². The van der Waals surface area contributed by atoms with Gasteiger partial charge in [0.2, 0.25) is 0 Å². The molecule has 9 heavy (non-hydrogen) atoms. The summed E-state index contributed by atoms with van der Waals surface area (Å²) in [6, 6.07) is 0. The lowest BCUT2D eigenvalue weighted by atomic mass is 15.7.